The molecule has 0 spiro atoms. The van der Waals surface area contributed by atoms with Gasteiger partial charge in [0, 0.05) is 16.8 Å². The highest BCUT2D eigenvalue weighted by atomic mass is 35.5. The van der Waals surface area contributed by atoms with Crippen LogP contribution in [0.2, 0.25) is 5.02 Å². The van der Waals surface area contributed by atoms with Gasteiger partial charge in [-0.05, 0) is 37.0 Å². The molecule has 0 heterocycles. The Bertz CT molecular complexity index is 450. The van der Waals surface area contributed by atoms with E-state index in [1.54, 1.807) is 0 Å². The first-order chi connectivity index (χ1) is 9.08. The van der Waals surface area contributed by atoms with Crippen molar-refractivity contribution in [2.45, 2.75) is 38.6 Å². The normalized spacial score (nSPS) is 23.1. The number of aliphatic carboxylic acids is 1. The Morgan fingerprint density at radius 3 is 2.79 bits per heavy atom. The quantitative estimate of drug-likeness (QED) is 0.912. The fraction of sp³-hybridized carbons (Fsp3) is 0.533. The van der Waals surface area contributed by atoms with Crippen LogP contribution in [-0.2, 0) is 4.79 Å². The van der Waals surface area contributed by atoms with E-state index in [1.807, 2.05) is 29.2 Å². The van der Waals surface area contributed by atoms with Gasteiger partial charge in [-0.2, -0.15) is 0 Å². The van der Waals surface area contributed by atoms with E-state index in [4.69, 9.17) is 16.7 Å². The molecule has 0 aromatic heterocycles. The zero-order valence-electron chi connectivity index (χ0n) is 11.2. The number of benzene rings is 1. The minimum atomic E-state index is -0.794. The number of hydrogen-bond acceptors (Lipinski definition) is 2. The highest BCUT2D eigenvalue weighted by Crippen LogP contribution is 2.32. The molecule has 2 unspecified atom stereocenters. The summed E-state index contributed by atoms with van der Waals surface area (Å²) in [5.74, 6) is -0.273. The summed E-state index contributed by atoms with van der Waals surface area (Å²) in [7, 11) is 0. The van der Waals surface area contributed by atoms with Crippen LogP contribution in [0.1, 0.15) is 32.6 Å². The summed E-state index contributed by atoms with van der Waals surface area (Å²) < 4.78 is 0. The first-order valence-corrected chi connectivity index (χ1v) is 7.19. The molecule has 1 aromatic carbocycles. The lowest BCUT2D eigenvalue weighted by molar-refractivity contribution is -0.135. The lowest BCUT2D eigenvalue weighted by Gasteiger charge is -2.39. The maximum Gasteiger partial charge on any atom is 0.323 e. The zero-order valence-corrected chi connectivity index (χ0v) is 11.9. The summed E-state index contributed by atoms with van der Waals surface area (Å²) in [5.41, 5.74) is 0.911. The highest BCUT2D eigenvalue weighted by molar-refractivity contribution is 6.30. The molecule has 1 aliphatic carbocycles. The number of rotatable bonds is 4. The Morgan fingerprint density at radius 1 is 1.42 bits per heavy atom. The highest BCUT2D eigenvalue weighted by Gasteiger charge is 2.28. The average molecular weight is 282 g/mol. The van der Waals surface area contributed by atoms with Crippen molar-refractivity contribution in [3.63, 3.8) is 0 Å². The third kappa shape index (κ3) is 3.63. The van der Waals surface area contributed by atoms with Crippen LogP contribution in [-0.4, -0.2) is 23.7 Å². The first kappa shape index (κ1) is 14.2. The monoisotopic (exact) mass is 281 g/mol. The second kappa shape index (κ2) is 6.29. The van der Waals surface area contributed by atoms with E-state index < -0.39 is 5.97 Å². The van der Waals surface area contributed by atoms with E-state index in [-0.39, 0.29) is 6.54 Å². The third-order valence-corrected chi connectivity index (χ3v) is 4.15. The van der Waals surface area contributed by atoms with Gasteiger partial charge in [0.1, 0.15) is 6.54 Å². The van der Waals surface area contributed by atoms with E-state index in [2.05, 4.69) is 6.92 Å². The maximum atomic E-state index is 11.1. The molecule has 2 rings (SSSR count). The molecule has 4 heteroatoms. The van der Waals surface area contributed by atoms with Crippen molar-refractivity contribution in [1.29, 1.82) is 0 Å². The fourth-order valence-electron chi connectivity index (χ4n) is 2.96. The molecule has 1 N–H and O–H groups in total. The van der Waals surface area contributed by atoms with Crippen molar-refractivity contribution in [3.05, 3.63) is 29.3 Å². The van der Waals surface area contributed by atoms with Crippen molar-refractivity contribution < 1.29 is 9.90 Å². The summed E-state index contributed by atoms with van der Waals surface area (Å²) >= 11 is 6.03. The van der Waals surface area contributed by atoms with Crippen LogP contribution >= 0.6 is 11.6 Å². The number of hydrogen-bond donors (Lipinski definition) is 1. The van der Waals surface area contributed by atoms with Gasteiger partial charge < -0.3 is 10.0 Å². The standard InChI is InChI=1S/C15H20ClNO2/c1-11-5-2-3-8-14(11)17(10-15(18)19)13-7-4-6-12(16)9-13/h4,6-7,9,11,14H,2-3,5,8,10H2,1H3,(H,18,19). The van der Waals surface area contributed by atoms with Gasteiger partial charge in [-0.1, -0.05) is 37.4 Å². The minimum absolute atomic E-state index is 0.0371. The number of halogens is 1. The molecule has 3 nitrogen and oxygen atoms in total. The van der Waals surface area contributed by atoms with Gasteiger partial charge in [-0.25, -0.2) is 0 Å². The van der Waals surface area contributed by atoms with Gasteiger partial charge in [-0.15, -0.1) is 0 Å². The average Bonchev–Trinajstić information content (AvgIpc) is 2.37. The summed E-state index contributed by atoms with van der Waals surface area (Å²) in [6.07, 6.45) is 4.64. The van der Waals surface area contributed by atoms with Crippen molar-refractivity contribution in [1.82, 2.24) is 0 Å². The lowest BCUT2D eigenvalue weighted by Crippen LogP contribution is -2.44. The molecule has 1 fully saturated rings. The van der Waals surface area contributed by atoms with Gasteiger partial charge in [-0.3, -0.25) is 4.79 Å². The van der Waals surface area contributed by atoms with Crippen LogP contribution in [0.4, 0.5) is 5.69 Å². The Kier molecular flexibility index (Phi) is 4.70. The summed E-state index contributed by atoms with van der Waals surface area (Å²) in [4.78, 5) is 13.1. The Balaban J connectivity index is 2.26. The van der Waals surface area contributed by atoms with Crippen molar-refractivity contribution in [2.24, 2.45) is 5.92 Å². The topological polar surface area (TPSA) is 40.5 Å². The molecule has 0 amide bonds. The Labute approximate surface area is 119 Å². The molecule has 0 bridgehead atoms. The van der Waals surface area contributed by atoms with Crippen LogP contribution < -0.4 is 4.90 Å². The molecule has 19 heavy (non-hydrogen) atoms. The van der Waals surface area contributed by atoms with Crippen LogP contribution in [0.3, 0.4) is 0 Å². The van der Waals surface area contributed by atoms with Crippen molar-refractivity contribution >= 4 is 23.3 Å². The minimum Gasteiger partial charge on any atom is -0.480 e. The zero-order chi connectivity index (χ0) is 13.8. The second-order valence-electron chi connectivity index (χ2n) is 5.33. The van der Waals surface area contributed by atoms with E-state index >= 15 is 0 Å². The Morgan fingerprint density at radius 2 is 2.16 bits per heavy atom. The predicted octanol–water partition coefficient (Wildman–Crippen LogP) is 3.81. The fourth-order valence-corrected chi connectivity index (χ4v) is 3.14. The van der Waals surface area contributed by atoms with Gasteiger partial charge in [0.05, 0.1) is 0 Å². The van der Waals surface area contributed by atoms with Gasteiger partial charge in [0.15, 0.2) is 0 Å². The number of anilines is 1. The van der Waals surface area contributed by atoms with Gasteiger partial charge in [0.2, 0.25) is 0 Å². The van der Waals surface area contributed by atoms with E-state index in [9.17, 15) is 4.79 Å². The van der Waals surface area contributed by atoms with E-state index in [0.717, 1.165) is 12.1 Å². The van der Waals surface area contributed by atoms with E-state index in [0.29, 0.717) is 17.0 Å². The molecular formula is C15H20ClNO2. The smallest absolute Gasteiger partial charge is 0.323 e. The molecule has 2 atom stereocenters. The number of carboxylic acid groups (broad SMARTS) is 1. The number of nitrogens with zero attached hydrogens (tertiary/aromatic N) is 1. The second-order valence-corrected chi connectivity index (χ2v) is 5.77. The third-order valence-electron chi connectivity index (χ3n) is 3.91. The first-order valence-electron chi connectivity index (χ1n) is 6.82. The Hall–Kier alpha value is -1.22. The van der Waals surface area contributed by atoms with Crippen LogP contribution in [0.15, 0.2) is 24.3 Å². The number of carboxylic acids is 1. The molecule has 104 valence electrons. The van der Waals surface area contributed by atoms with Crippen molar-refractivity contribution in [2.75, 3.05) is 11.4 Å². The van der Waals surface area contributed by atoms with Gasteiger partial charge in [0.25, 0.3) is 0 Å². The van der Waals surface area contributed by atoms with Crippen LogP contribution in [0.25, 0.3) is 0 Å². The predicted molar refractivity (Wildman–Crippen MR) is 77.9 cm³/mol. The van der Waals surface area contributed by atoms with Crippen LogP contribution in [0.5, 0.6) is 0 Å². The van der Waals surface area contributed by atoms with Gasteiger partial charge >= 0.3 is 5.97 Å². The largest absolute Gasteiger partial charge is 0.480 e. The molecule has 1 aliphatic rings. The summed E-state index contributed by atoms with van der Waals surface area (Å²) in [5, 5.41) is 9.81. The molecule has 1 saturated carbocycles. The summed E-state index contributed by atoms with van der Waals surface area (Å²) in [6, 6.07) is 7.78. The summed E-state index contributed by atoms with van der Waals surface area (Å²) in [6.45, 7) is 2.25. The molecule has 1 aromatic rings. The SMILES string of the molecule is CC1CCCCC1N(CC(=O)O)c1cccc(Cl)c1. The molecular weight excluding hydrogens is 262 g/mol. The maximum absolute atomic E-state index is 11.1. The van der Waals surface area contributed by atoms with Crippen molar-refractivity contribution in [3.8, 4) is 0 Å². The van der Waals surface area contributed by atoms with E-state index in [1.165, 1.54) is 19.3 Å². The molecule has 0 saturated heterocycles. The molecule has 0 aliphatic heterocycles. The van der Waals surface area contributed by atoms with Crippen LogP contribution in [0, 0.1) is 5.92 Å². The lowest BCUT2D eigenvalue weighted by atomic mass is 9.84. The molecule has 0 radical (unpaired) electrons. The number of carbonyl (C=O) groups is 1.